The first-order valence-electron chi connectivity index (χ1n) is 7.31. The summed E-state index contributed by atoms with van der Waals surface area (Å²) < 4.78 is 5.73. The van der Waals surface area contributed by atoms with E-state index in [0.29, 0.717) is 0 Å². The normalized spacial score (nSPS) is 35.5. The highest BCUT2D eigenvalue weighted by Gasteiger charge is 2.51. The summed E-state index contributed by atoms with van der Waals surface area (Å²) in [6, 6.07) is 0. The van der Waals surface area contributed by atoms with E-state index < -0.39 is 29.0 Å². The highest BCUT2D eigenvalue weighted by atomic mass is 16.5. The Balaban J connectivity index is 2.41. The van der Waals surface area contributed by atoms with Crippen molar-refractivity contribution in [3.63, 3.8) is 0 Å². The SMILES string of the molecule is CC(C)(O)C=CC1(O)CC2=C(C(=O)CC(C)(C)O2)C(O)C1O. The van der Waals surface area contributed by atoms with Gasteiger partial charge in [0.05, 0.1) is 17.6 Å². The monoisotopic (exact) mass is 312 g/mol. The number of Topliss-reactive ketones (excluding diaryl/α,β-unsaturated/α-hetero) is 1. The third kappa shape index (κ3) is 3.25. The first-order valence-corrected chi connectivity index (χ1v) is 7.31. The van der Waals surface area contributed by atoms with E-state index in [1.165, 1.54) is 26.0 Å². The van der Waals surface area contributed by atoms with Gasteiger partial charge in [-0.3, -0.25) is 4.79 Å². The Labute approximate surface area is 129 Å². The predicted molar refractivity (Wildman–Crippen MR) is 78.8 cm³/mol. The summed E-state index contributed by atoms with van der Waals surface area (Å²) in [5.74, 6) is -0.0896. The van der Waals surface area contributed by atoms with E-state index in [1.54, 1.807) is 13.8 Å². The van der Waals surface area contributed by atoms with Gasteiger partial charge in [0.2, 0.25) is 0 Å². The van der Waals surface area contributed by atoms with Gasteiger partial charge in [0.1, 0.15) is 29.2 Å². The quantitative estimate of drug-likeness (QED) is 0.542. The molecule has 0 aromatic rings. The fraction of sp³-hybridized carbons (Fsp3) is 0.688. The van der Waals surface area contributed by atoms with Crippen molar-refractivity contribution in [2.75, 3.05) is 0 Å². The minimum atomic E-state index is -1.81. The van der Waals surface area contributed by atoms with Crippen molar-refractivity contribution in [3.05, 3.63) is 23.5 Å². The van der Waals surface area contributed by atoms with Crippen molar-refractivity contribution >= 4 is 5.78 Å². The van der Waals surface area contributed by atoms with Gasteiger partial charge in [-0.15, -0.1) is 0 Å². The minimum absolute atomic E-state index is 0.0353. The molecule has 0 fully saturated rings. The van der Waals surface area contributed by atoms with Crippen LogP contribution in [0, 0.1) is 0 Å². The summed E-state index contributed by atoms with van der Waals surface area (Å²) in [6.07, 6.45) is -0.539. The zero-order chi connectivity index (χ0) is 16.9. The Morgan fingerprint density at radius 1 is 1.27 bits per heavy atom. The molecule has 2 aliphatic rings. The van der Waals surface area contributed by atoms with Crippen molar-refractivity contribution in [1.29, 1.82) is 0 Å². The molecule has 2 rings (SSSR count). The maximum atomic E-state index is 12.2. The van der Waals surface area contributed by atoms with Crippen LogP contribution in [-0.4, -0.2) is 55.2 Å². The van der Waals surface area contributed by atoms with Gasteiger partial charge in [-0.1, -0.05) is 12.2 Å². The molecule has 0 spiro atoms. The van der Waals surface area contributed by atoms with Gasteiger partial charge in [0, 0.05) is 6.42 Å². The van der Waals surface area contributed by atoms with Crippen LogP contribution in [0.1, 0.15) is 40.5 Å². The van der Waals surface area contributed by atoms with E-state index in [9.17, 15) is 25.2 Å². The van der Waals surface area contributed by atoms with Gasteiger partial charge in [0.25, 0.3) is 0 Å². The number of rotatable bonds is 2. The van der Waals surface area contributed by atoms with Gasteiger partial charge in [-0.05, 0) is 27.7 Å². The summed E-state index contributed by atoms with van der Waals surface area (Å²) in [5.41, 5.74) is -3.68. The van der Waals surface area contributed by atoms with Crippen LogP contribution in [-0.2, 0) is 9.53 Å². The van der Waals surface area contributed by atoms with Crippen LogP contribution in [0.5, 0.6) is 0 Å². The van der Waals surface area contributed by atoms with Crippen molar-refractivity contribution in [1.82, 2.24) is 0 Å². The largest absolute Gasteiger partial charge is 0.491 e. The van der Waals surface area contributed by atoms with E-state index in [0.717, 1.165) is 0 Å². The standard InChI is InChI=1S/C16H24O6/c1-14(2,20)5-6-16(21)8-10-11(12(18)13(16)19)9(17)7-15(3,4)22-10/h5-6,12-13,18-21H,7-8H2,1-4H3. The highest BCUT2D eigenvalue weighted by molar-refractivity contribution is 5.98. The molecule has 0 radical (unpaired) electrons. The molecule has 0 bridgehead atoms. The maximum Gasteiger partial charge on any atom is 0.168 e. The average Bonchev–Trinajstić information content (AvgIpc) is 2.31. The number of ketones is 1. The van der Waals surface area contributed by atoms with Crippen molar-refractivity contribution in [2.45, 2.75) is 69.5 Å². The van der Waals surface area contributed by atoms with Crippen molar-refractivity contribution in [2.24, 2.45) is 0 Å². The number of hydrogen-bond donors (Lipinski definition) is 4. The lowest BCUT2D eigenvalue weighted by molar-refractivity contribution is -0.141. The van der Waals surface area contributed by atoms with Gasteiger partial charge < -0.3 is 25.2 Å². The highest BCUT2D eigenvalue weighted by Crippen LogP contribution is 2.41. The van der Waals surface area contributed by atoms with E-state index in [-0.39, 0.29) is 30.0 Å². The number of ether oxygens (including phenoxy) is 1. The molecule has 124 valence electrons. The topological polar surface area (TPSA) is 107 Å². The smallest absolute Gasteiger partial charge is 0.168 e. The zero-order valence-electron chi connectivity index (χ0n) is 13.3. The molecule has 0 saturated carbocycles. The Bertz CT molecular complexity index is 539. The van der Waals surface area contributed by atoms with E-state index in [4.69, 9.17) is 4.74 Å². The molecule has 22 heavy (non-hydrogen) atoms. The maximum absolute atomic E-state index is 12.2. The number of hydrogen-bond acceptors (Lipinski definition) is 6. The fourth-order valence-corrected chi connectivity index (χ4v) is 2.82. The number of aliphatic hydroxyl groups is 4. The summed E-state index contributed by atoms with van der Waals surface area (Å²) in [4.78, 5) is 12.2. The molecule has 6 heteroatoms. The van der Waals surface area contributed by atoms with Crippen LogP contribution in [0.15, 0.2) is 23.5 Å². The molecule has 6 nitrogen and oxygen atoms in total. The second-order valence-electron chi connectivity index (χ2n) is 7.34. The van der Waals surface area contributed by atoms with E-state index in [2.05, 4.69) is 0 Å². The first-order chi connectivity index (χ1) is 9.85. The number of aliphatic hydroxyl groups excluding tert-OH is 2. The van der Waals surface area contributed by atoms with Crippen molar-refractivity contribution in [3.8, 4) is 0 Å². The average molecular weight is 312 g/mol. The summed E-state index contributed by atoms with van der Waals surface area (Å²) >= 11 is 0. The summed E-state index contributed by atoms with van der Waals surface area (Å²) in [7, 11) is 0. The molecule has 1 aliphatic carbocycles. The Kier molecular flexibility index (Phi) is 4.02. The van der Waals surface area contributed by atoms with Gasteiger partial charge in [0.15, 0.2) is 5.78 Å². The molecule has 3 atom stereocenters. The van der Waals surface area contributed by atoms with E-state index in [1.807, 2.05) is 0 Å². The second kappa shape index (κ2) is 5.16. The van der Waals surface area contributed by atoms with Gasteiger partial charge in [-0.2, -0.15) is 0 Å². The molecule has 4 N–H and O–H groups in total. The molecule has 1 heterocycles. The number of carbonyl (C=O) groups excluding carboxylic acids is 1. The second-order valence-corrected chi connectivity index (χ2v) is 7.34. The molecular weight excluding hydrogens is 288 g/mol. The van der Waals surface area contributed by atoms with Crippen molar-refractivity contribution < 1.29 is 30.0 Å². The lowest BCUT2D eigenvalue weighted by Crippen LogP contribution is -2.55. The summed E-state index contributed by atoms with van der Waals surface area (Å²) in [6.45, 7) is 6.54. The number of carbonyl (C=O) groups is 1. The molecular formula is C16H24O6. The third-order valence-electron chi connectivity index (χ3n) is 3.92. The molecule has 0 saturated heterocycles. The lowest BCUT2D eigenvalue weighted by atomic mass is 9.75. The van der Waals surface area contributed by atoms with Crippen LogP contribution in [0.3, 0.4) is 0 Å². The van der Waals surface area contributed by atoms with Crippen LogP contribution in [0.25, 0.3) is 0 Å². The molecule has 0 amide bonds. The summed E-state index contributed by atoms with van der Waals surface area (Å²) in [5, 5.41) is 40.8. The minimum Gasteiger partial charge on any atom is -0.491 e. The lowest BCUT2D eigenvalue weighted by Gasteiger charge is -2.44. The molecule has 0 aromatic carbocycles. The van der Waals surface area contributed by atoms with Gasteiger partial charge >= 0.3 is 0 Å². The third-order valence-corrected chi connectivity index (χ3v) is 3.92. The van der Waals surface area contributed by atoms with Crippen LogP contribution in [0.4, 0.5) is 0 Å². The Morgan fingerprint density at radius 3 is 2.41 bits per heavy atom. The van der Waals surface area contributed by atoms with Crippen LogP contribution >= 0.6 is 0 Å². The van der Waals surface area contributed by atoms with Crippen LogP contribution < -0.4 is 0 Å². The molecule has 1 aliphatic heterocycles. The Hall–Kier alpha value is -1.21. The van der Waals surface area contributed by atoms with Gasteiger partial charge in [-0.25, -0.2) is 0 Å². The Morgan fingerprint density at radius 2 is 1.86 bits per heavy atom. The van der Waals surface area contributed by atoms with E-state index >= 15 is 0 Å². The first kappa shape index (κ1) is 17.1. The predicted octanol–water partition coefficient (Wildman–Crippen LogP) is 0.192. The zero-order valence-corrected chi connectivity index (χ0v) is 13.3. The molecule has 0 aromatic heterocycles. The van der Waals surface area contributed by atoms with Crippen LogP contribution in [0.2, 0.25) is 0 Å². The fourth-order valence-electron chi connectivity index (χ4n) is 2.82. The molecule has 3 unspecified atom stereocenters.